The first-order chi connectivity index (χ1) is 12.9. The molecule has 1 aromatic carbocycles. The van der Waals surface area contributed by atoms with Crippen molar-refractivity contribution in [1.29, 1.82) is 0 Å². The fourth-order valence-corrected chi connectivity index (χ4v) is 3.85. The molecule has 0 saturated carbocycles. The normalized spacial score (nSPS) is 11.9. The third-order valence-corrected chi connectivity index (χ3v) is 5.56. The summed E-state index contributed by atoms with van der Waals surface area (Å²) in [6.45, 7) is 8.53. The molecule has 0 radical (unpaired) electrons. The average Bonchev–Trinajstić information content (AvgIpc) is 2.67. The largest absolute Gasteiger partial charge is 1.00 e. The summed E-state index contributed by atoms with van der Waals surface area (Å²) in [4.78, 5) is 1.80. The lowest BCUT2D eigenvalue weighted by Gasteiger charge is -2.20. The van der Waals surface area contributed by atoms with Gasteiger partial charge in [-0.1, -0.05) is 108 Å². The highest BCUT2D eigenvalue weighted by molar-refractivity contribution is 5.13. The second-order valence-electron chi connectivity index (χ2n) is 8.16. The smallest absolute Gasteiger partial charge is 0.103 e. The molecule has 0 heterocycles. The third kappa shape index (κ3) is 16.2. The maximum absolute atomic E-state index is 2.30. The summed E-state index contributed by atoms with van der Waals surface area (Å²) in [5.74, 6) is 0. The zero-order valence-electron chi connectivity index (χ0n) is 18.3. The van der Waals surface area contributed by atoms with E-state index < -0.39 is 0 Å². The van der Waals surface area contributed by atoms with Gasteiger partial charge in [-0.2, -0.15) is 0 Å². The Kier molecular flexibility index (Phi) is 19.8. The van der Waals surface area contributed by atoms with Crippen molar-refractivity contribution in [3.8, 4) is 0 Å². The molecule has 158 valence electrons. The number of unbranched alkanes of at least 4 members (excludes halogenated alkanes) is 12. The number of nitrogens with one attached hydrogen (secondary N) is 1. The van der Waals surface area contributed by atoms with Gasteiger partial charge in [-0.25, -0.2) is 0 Å². The summed E-state index contributed by atoms with van der Waals surface area (Å²) in [5, 5.41) is 0. The van der Waals surface area contributed by atoms with E-state index in [0.29, 0.717) is 0 Å². The number of hydrogen-bond donors (Lipinski definition) is 1. The van der Waals surface area contributed by atoms with Gasteiger partial charge < -0.3 is 17.3 Å². The molecule has 1 unspecified atom stereocenters. The maximum atomic E-state index is 2.30. The highest BCUT2D eigenvalue weighted by Crippen LogP contribution is 2.08. The van der Waals surface area contributed by atoms with E-state index in [0.717, 1.165) is 0 Å². The number of rotatable bonds is 18. The number of hydrogen-bond acceptors (Lipinski definition) is 0. The fraction of sp³-hybridized carbons (Fsp3) is 0.760. The van der Waals surface area contributed by atoms with E-state index in [2.05, 4.69) is 44.2 Å². The van der Waals surface area contributed by atoms with E-state index in [9.17, 15) is 0 Å². The van der Waals surface area contributed by atoms with Gasteiger partial charge in [0.25, 0.3) is 0 Å². The Hall–Kier alpha value is -0.530. The molecular formula is C25H46ClN. The molecule has 0 spiro atoms. The van der Waals surface area contributed by atoms with Gasteiger partial charge >= 0.3 is 0 Å². The van der Waals surface area contributed by atoms with Gasteiger partial charge in [-0.15, -0.1) is 0 Å². The van der Waals surface area contributed by atoms with Crippen molar-refractivity contribution < 1.29 is 17.3 Å². The summed E-state index contributed by atoms with van der Waals surface area (Å²) >= 11 is 0. The highest BCUT2D eigenvalue weighted by Gasteiger charge is 2.09. The van der Waals surface area contributed by atoms with Crippen LogP contribution in [0, 0.1) is 0 Å². The quantitative estimate of drug-likeness (QED) is 0.362. The van der Waals surface area contributed by atoms with E-state index in [1.807, 2.05) is 0 Å². The molecule has 0 aromatic heterocycles. The van der Waals surface area contributed by atoms with Crippen LogP contribution in [0.25, 0.3) is 0 Å². The van der Waals surface area contributed by atoms with Crippen LogP contribution in [0.3, 0.4) is 0 Å². The van der Waals surface area contributed by atoms with E-state index in [-0.39, 0.29) is 12.4 Å². The Morgan fingerprint density at radius 1 is 0.556 bits per heavy atom. The molecule has 27 heavy (non-hydrogen) atoms. The molecule has 0 amide bonds. The van der Waals surface area contributed by atoms with Crippen LogP contribution in [0.2, 0.25) is 0 Å². The summed E-state index contributed by atoms with van der Waals surface area (Å²) in [7, 11) is 0. The van der Waals surface area contributed by atoms with Crippen LogP contribution in [0.15, 0.2) is 30.3 Å². The van der Waals surface area contributed by atoms with Gasteiger partial charge in [0.2, 0.25) is 0 Å². The van der Waals surface area contributed by atoms with Gasteiger partial charge in [-0.3, -0.25) is 0 Å². The van der Waals surface area contributed by atoms with Crippen molar-refractivity contribution in [3.05, 3.63) is 35.9 Å². The summed E-state index contributed by atoms with van der Waals surface area (Å²) in [5.41, 5.74) is 1.51. The van der Waals surface area contributed by atoms with Crippen LogP contribution >= 0.6 is 0 Å². The van der Waals surface area contributed by atoms with E-state index in [1.165, 1.54) is 115 Å². The zero-order valence-corrected chi connectivity index (χ0v) is 19.0. The zero-order chi connectivity index (χ0) is 18.7. The first kappa shape index (κ1) is 26.5. The molecular weight excluding hydrogens is 350 g/mol. The second-order valence-corrected chi connectivity index (χ2v) is 8.16. The molecule has 0 aliphatic rings. The Morgan fingerprint density at radius 2 is 0.963 bits per heavy atom. The molecule has 1 nitrogen and oxygen atoms in total. The van der Waals surface area contributed by atoms with Crippen molar-refractivity contribution in [2.75, 3.05) is 13.1 Å². The van der Waals surface area contributed by atoms with Crippen molar-refractivity contribution >= 4 is 0 Å². The van der Waals surface area contributed by atoms with Crippen LogP contribution < -0.4 is 17.3 Å². The first-order valence-electron chi connectivity index (χ1n) is 11.7. The molecule has 0 aliphatic carbocycles. The van der Waals surface area contributed by atoms with Crippen LogP contribution in [0.4, 0.5) is 0 Å². The summed E-state index contributed by atoms with van der Waals surface area (Å²) in [6.07, 6.45) is 19.9. The second kappa shape index (κ2) is 20.2. The molecule has 0 fully saturated rings. The van der Waals surface area contributed by atoms with E-state index >= 15 is 0 Å². The predicted octanol–water partition coefficient (Wildman–Crippen LogP) is 3.58. The van der Waals surface area contributed by atoms with Gasteiger partial charge in [0.15, 0.2) is 0 Å². The SMILES string of the molecule is CCCCCCCCCC[NH+](CCCCCCCC)Cc1ccccc1.[Cl-]. The molecule has 0 aliphatic heterocycles. The lowest BCUT2D eigenvalue weighted by molar-refractivity contribution is -0.914. The van der Waals surface area contributed by atoms with Gasteiger partial charge in [0.1, 0.15) is 6.54 Å². The van der Waals surface area contributed by atoms with E-state index in [4.69, 9.17) is 0 Å². The Balaban J connectivity index is 0.00000676. The minimum Gasteiger partial charge on any atom is -1.00 e. The number of quaternary nitrogens is 1. The molecule has 1 aromatic rings. The van der Waals surface area contributed by atoms with Gasteiger partial charge in [0.05, 0.1) is 13.1 Å². The van der Waals surface area contributed by atoms with Crippen LogP contribution in [-0.2, 0) is 6.54 Å². The fourth-order valence-electron chi connectivity index (χ4n) is 3.85. The number of halogens is 1. The molecule has 0 bridgehead atoms. The monoisotopic (exact) mass is 395 g/mol. The lowest BCUT2D eigenvalue weighted by atomic mass is 10.1. The molecule has 1 rings (SSSR count). The number of benzene rings is 1. The third-order valence-electron chi connectivity index (χ3n) is 5.56. The first-order valence-corrected chi connectivity index (χ1v) is 11.7. The standard InChI is InChI=1S/C25H45N.ClH/c1-3-5-7-9-11-12-14-19-23-26(22-18-13-10-8-6-4-2)24-25-20-16-15-17-21-25;/h15-17,20-21H,3-14,18-19,22-24H2,1-2H3;1H. The summed E-state index contributed by atoms with van der Waals surface area (Å²) < 4.78 is 0. The topological polar surface area (TPSA) is 4.44 Å². The minimum atomic E-state index is 0. The van der Waals surface area contributed by atoms with Crippen LogP contribution in [0.1, 0.15) is 109 Å². The van der Waals surface area contributed by atoms with Crippen molar-refractivity contribution in [3.63, 3.8) is 0 Å². The molecule has 1 atom stereocenters. The predicted molar refractivity (Wildman–Crippen MR) is 117 cm³/mol. The average molecular weight is 396 g/mol. The van der Waals surface area contributed by atoms with Crippen molar-refractivity contribution in [2.45, 2.75) is 110 Å². The van der Waals surface area contributed by atoms with Gasteiger partial charge in [-0.05, 0) is 25.7 Å². The Morgan fingerprint density at radius 3 is 1.41 bits per heavy atom. The summed E-state index contributed by atoms with van der Waals surface area (Å²) in [6, 6.07) is 11.1. The highest BCUT2D eigenvalue weighted by atomic mass is 35.5. The molecule has 2 heteroatoms. The minimum absolute atomic E-state index is 0. The van der Waals surface area contributed by atoms with Crippen LogP contribution in [0.5, 0.6) is 0 Å². The Bertz CT molecular complexity index is 393. The van der Waals surface area contributed by atoms with E-state index in [1.54, 1.807) is 4.90 Å². The van der Waals surface area contributed by atoms with Crippen molar-refractivity contribution in [2.24, 2.45) is 0 Å². The van der Waals surface area contributed by atoms with Crippen LogP contribution in [-0.4, -0.2) is 13.1 Å². The lowest BCUT2D eigenvalue weighted by Crippen LogP contribution is -3.10. The maximum Gasteiger partial charge on any atom is 0.103 e. The Labute approximate surface area is 176 Å². The van der Waals surface area contributed by atoms with Crippen molar-refractivity contribution in [1.82, 2.24) is 0 Å². The molecule has 1 N–H and O–H groups in total. The van der Waals surface area contributed by atoms with Gasteiger partial charge in [0, 0.05) is 5.56 Å². The molecule has 0 saturated heterocycles.